The maximum Gasteiger partial charge on any atom is 0.256 e. The van der Waals surface area contributed by atoms with Crippen LogP contribution >= 0.6 is 11.3 Å². The van der Waals surface area contributed by atoms with Crippen LogP contribution in [-0.2, 0) is 17.8 Å². The number of benzene rings is 2. The van der Waals surface area contributed by atoms with E-state index < -0.39 is 0 Å². The van der Waals surface area contributed by atoms with E-state index in [-0.39, 0.29) is 11.8 Å². The highest BCUT2D eigenvalue weighted by Gasteiger charge is 2.23. The Balaban J connectivity index is 1.31. The van der Waals surface area contributed by atoms with Gasteiger partial charge in [-0.15, -0.1) is 11.3 Å². The van der Waals surface area contributed by atoms with E-state index in [0.717, 1.165) is 52.3 Å². The highest BCUT2D eigenvalue weighted by atomic mass is 32.1. The molecule has 0 spiro atoms. The van der Waals surface area contributed by atoms with E-state index in [2.05, 4.69) is 16.4 Å². The van der Waals surface area contributed by atoms with Crippen LogP contribution in [0.4, 0.5) is 0 Å². The van der Waals surface area contributed by atoms with Gasteiger partial charge in [-0.3, -0.25) is 9.59 Å². The number of nitrogens with zero attached hydrogens (tertiary/aromatic N) is 2. The largest absolute Gasteiger partial charge is 0.346 e. The zero-order valence-electron chi connectivity index (χ0n) is 16.0. The zero-order chi connectivity index (χ0) is 19.8. The van der Waals surface area contributed by atoms with Gasteiger partial charge in [0.15, 0.2) is 0 Å². The van der Waals surface area contributed by atoms with E-state index in [0.29, 0.717) is 18.5 Å². The first-order valence-electron chi connectivity index (χ1n) is 9.93. The van der Waals surface area contributed by atoms with Crippen LogP contribution in [0.5, 0.6) is 0 Å². The lowest BCUT2D eigenvalue weighted by Crippen LogP contribution is -2.27. The minimum Gasteiger partial charge on any atom is -0.346 e. The normalized spacial score (nSPS) is 15.4. The molecule has 1 fully saturated rings. The van der Waals surface area contributed by atoms with E-state index >= 15 is 0 Å². The van der Waals surface area contributed by atoms with Crippen LogP contribution in [0.1, 0.15) is 39.3 Å². The molecule has 1 saturated heterocycles. The molecule has 3 aromatic rings. The van der Waals surface area contributed by atoms with Crippen molar-refractivity contribution in [1.82, 2.24) is 15.2 Å². The minimum absolute atomic E-state index is 0.0582. The van der Waals surface area contributed by atoms with Gasteiger partial charge in [-0.05, 0) is 42.2 Å². The number of thiazole rings is 1. The molecule has 6 heteroatoms. The van der Waals surface area contributed by atoms with Gasteiger partial charge in [0.25, 0.3) is 5.91 Å². The summed E-state index contributed by atoms with van der Waals surface area (Å²) >= 11 is 1.53. The molecule has 2 heterocycles. The summed E-state index contributed by atoms with van der Waals surface area (Å²) in [5.74, 6) is -0.00307. The highest BCUT2D eigenvalue weighted by molar-refractivity contribution is 7.18. The average molecular weight is 404 g/mol. The van der Waals surface area contributed by atoms with Crippen molar-refractivity contribution in [3.8, 4) is 0 Å². The predicted octanol–water partition coefficient (Wildman–Crippen LogP) is 3.79. The molecular formula is C23H21N3O2S. The SMILES string of the molecule is O=C(NCc1nc2c(C(=O)N3CCCC3)cccc2s1)C1=Cc2ccccc2C1. The summed E-state index contributed by atoms with van der Waals surface area (Å²) in [6, 6.07) is 13.8. The van der Waals surface area contributed by atoms with Gasteiger partial charge in [0.05, 0.1) is 22.3 Å². The summed E-state index contributed by atoms with van der Waals surface area (Å²) in [7, 11) is 0. The molecule has 0 unspecified atom stereocenters. The number of fused-ring (bicyclic) bond motifs is 2. The molecule has 5 rings (SSSR count). The molecular weight excluding hydrogens is 382 g/mol. The monoisotopic (exact) mass is 403 g/mol. The second-order valence-corrected chi connectivity index (χ2v) is 8.60. The Morgan fingerprint density at radius 2 is 1.90 bits per heavy atom. The maximum absolute atomic E-state index is 12.8. The lowest BCUT2D eigenvalue weighted by atomic mass is 10.1. The molecule has 5 nitrogen and oxygen atoms in total. The third-order valence-corrected chi connectivity index (χ3v) is 6.57. The minimum atomic E-state index is -0.0613. The first kappa shape index (κ1) is 18.1. The Morgan fingerprint density at radius 1 is 1.07 bits per heavy atom. The molecule has 29 heavy (non-hydrogen) atoms. The van der Waals surface area contributed by atoms with Crippen LogP contribution in [0.25, 0.3) is 16.3 Å². The quantitative estimate of drug-likeness (QED) is 0.721. The average Bonchev–Trinajstić information content (AvgIpc) is 3.49. The number of amides is 2. The topological polar surface area (TPSA) is 62.3 Å². The Kier molecular flexibility index (Phi) is 4.64. The standard InChI is InChI=1S/C23H21N3O2S/c27-22(17-12-15-6-1-2-7-16(15)13-17)24-14-20-25-21-18(8-5-9-19(21)29-20)23(28)26-10-3-4-11-26/h1-2,5-9,12H,3-4,10-11,13-14H2,(H,24,27). The zero-order valence-corrected chi connectivity index (χ0v) is 16.8. The summed E-state index contributed by atoms with van der Waals surface area (Å²) in [6.45, 7) is 2.00. The first-order valence-corrected chi connectivity index (χ1v) is 10.7. The molecule has 1 aromatic heterocycles. The molecule has 2 aliphatic rings. The van der Waals surface area contributed by atoms with Crippen LogP contribution in [0.15, 0.2) is 48.0 Å². The number of hydrogen-bond donors (Lipinski definition) is 1. The molecule has 0 atom stereocenters. The number of hydrogen-bond acceptors (Lipinski definition) is 4. The molecule has 146 valence electrons. The van der Waals surface area contributed by atoms with E-state index in [1.807, 2.05) is 47.4 Å². The van der Waals surface area contributed by atoms with Crippen LogP contribution in [0, 0.1) is 0 Å². The number of rotatable bonds is 4. The fraction of sp³-hybridized carbons (Fsp3) is 0.261. The lowest BCUT2D eigenvalue weighted by molar-refractivity contribution is -0.117. The van der Waals surface area contributed by atoms with Crippen LogP contribution < -0.4 is 5.32 Å². The van der Waals surface area contributed by atoms with E-state index in [9.17, 15) is 9.59 Å². The third-order valence-electron chi connectivity index (χ3n) is 5.54. The molecule has 0 saturated carbocycles. The van der Waals surface area contributed by atoms with Crippen molar-refractivity contribution in [3.63, 3.8) is 0 Å². The van der Waals surface area contributed by atoms with Crippen molar-refractivity contribution >= 4 is 39.4 Å². The summed E-state index contributed by atoms with van der Waals surface area (Å²) in [6.07, 6.45) is 4.75. The molecule has 2 amide bonds. The fourth-order valence-corrected chi connectivity index (χ4v) is 4.96. The Morgan fingerprint density at radius 3 is 2.72 bits per heavy atom. The van der Waals surface area contributed by atoms with E-state index in [4.69, 9.17) is 0 Å². The number of aromatic nitrogens is 1. The molecule has 1 N–H and O–H groups in total. The lowest BCUT2D eigenvalue weighted by Gasteiger charge is -2.15. The molecule has 1 aliphatic heterocycles. The molecule has 0 bridgehead atoms. The van der Waals surface area contributed by atoms with Crippen molar-refractivity contribution in [2.75, 3.05) is 13.1 Å². The van der Waals surface area contributed by atoms with Gasteiger partial charge in [0, 0.05) is 25.1 Å². The molecule has 1 aliphatic carbocycles. The van der Waals surface area contributed by atoms with Crippen molar-refractivity contribution in [3.05, 3.63) is 69.7 Å². The van der Waals surface area contributed by atoms with Crippen LogP contribution in [0.2, 0.25) is 0 Å². The number of nitrogens with one attached hydrogen (secondary N) is 1. The molecule has 0 radical (unpaired) electrons. The summed E-state index contributed by atoms with van der Waals surface area (Å²) < 4.78 is 0.979. The number of carbonyl (C=O) groups excluding carboxylic acids is 2. The Hall–Kier alpha value is -2.99. The second-order valence-electron chi connectivity index (χ2n) is 7.49. The second kappa shape index (κ2) is 7.44. The van der Waals surface area contributed by atoms with Crippen LogP contribution in [-0.4, -0.2) is 34.8 Å². The number of para-hydroxylation sites is 1. The van der Waals surface area contributed by atoms with Gasteiger partial charge >= 0.3 is 0 Å². The van der Waals surface area contributed by atoms with Gasteiger partial charge in [-0.2, -0.15) is 0 Å². The van der Waals surface area contributed by atoms with Crippen molar-refractivity contribution in [2.45, 2.75) is 25.8 Å². The number of carbonyl (C=O) groups is 2. The van der Waals surface area contributed by atoms with Gasteiger partial charge in [0.1, 0.15) is 5.01 Å². The van der Waals surface area contributed by atoms with Crippen molar-refractivity contribution < 1.29 is 9.59 Å². The summed E-state index contributed by atoms with van der Waals surface area (Å²) in [5, 5.41) is 3.80. The fourth-order valence-electron chi connectivity index (χ4n) is 4.03. The first-order chi connectivity index (χ1) is 14.2. The van der Waals surface area contributed by atoms with Crippen molar-refractivity contribution in [2.24, 2.45) is 0 Å². The Bertz CT molecular complexity index is 1140. The third kappa shape index (κ3) is 3.44. The van der Waals surface area contributed by atoms with E-state index in [1.54, 1.807) is 0 Å². The van der Waals surface area contributed by atoms with Gasteiger partial charge in [0.2, 0.25) is 5.91 Å². The van der Waals surface area contributed by atoms with Crippen LogP contribution in [0.3, 0.4) is 0 Å². The van der Waals surface area contributed by atoms with Gasteiger partial charge in [-0.1, -0.05) is 30.3 Å². The van der Waals surface area contributed by atoms with Gasteiger partial charge < -0.3 is 10.2 Å². The van der Waals surface area contributed by atoms with Gasteiger partial charge in [-0.25, -0.2) is 4.98 Å². The predicted molar refractivity (Wildman–Crippen MR) is 115 cm³/mol. The molecule has 2 aromatic carbocycles. The Labute approximate surface area is 173 Å². The highest BCUT2D eigenvalue weighted by Crippen LogP contribution is 2.28. The van der Waals surface area contributed by atoms with Crippen molar-refractivity contribution in [1.29, 1.82) is 0 Å². The smallest absolute Gasteiger partial charge is 0.256 e. The summed E-state index contributed by atoms with van der Waals surface area (Å²) in [5.41, 5.74) is 4.47. The maximum atomic E-state index is 12.8. The summed E-state index contributed by atoms with van der Waals surface area (Å²) in [4.78, 5) is 32.0. The van der Waals surface area contributed by atoms with E-state index in [1.165, 1.54) is 16.9 Å². The number of likely N-dealkylation sites (tertiary alicyclic amines) is 1.